The first-order chi connectivity index (χ1) is 14.8. The van der Waals surface area contributed by atoms with Crippen molar-refractivity contribution in [2.45, 2.75) is 43.8 Å². The van der Waals surface area contributed by atoms with Crippen LogP contribution >= 0.6 is 12.2 Å². The van der Waals surface area contributed by atoms with Crippen molar-refractivity contribution in [2.75, 3.05) is 30.0 Å². The molecule has 0 bridgehead atoms. The van der Waals surface area contributed by atoms with E-state index >= 15 is 0 Å². The minimum atomic E-state index is -3.48. The summed E-state index contributed by atoms with van der Waals surface area (Å²) in [6.07, 6.45) is 3.00. The number of nitrogens with two attached hydrogens (primary N) is 1. The molecule has 0 unspecified atom stereocenters. The third-order valence-electron chi connectivity index (χ3n) is 5.48. The molecule has 2 aromatic rings. The lowest BCUT2D eigenvalue weighted by Gasteiger charge is -2.40. The highest BCUT2D eigenvalue weighted by molar-refractivity contribution is 7.92. The molecule has 0 aliphatic heterocycles. The van der Waals surface area contributed by atoms with Crippen molar-refractivity contribution >= 4 is 38.7 Å². The van der Waals surface area contributed by atoms with Crippen molar-refractivity contribution in [1.29, 1.82) is 0 Å². The van der Waals surface area contributed by atoms with Crippen LogP contribution in [0, 0.1) is 0 Å². The summed E-state index contributed by atoms with van der Waals surface area (Å²) >= 11 is 5.25. The molecule has 1 fully saturated rings. The summed E-state index contributed by atoms with van der Waals surface area (Å²) in [7, 11) is -3.48. The summed E-state index contributed by atoms with van der Waals surface area (Å²) in [5.74, 6) is 0.544. The Bertz CT molecular complexity index is 1020. The zero-order valence-corrected chi connectivity index (χ0v) is 19.2. The fourth-order valence-electron chi connectivity index (χ4n) is 3.62. The van der Waals surface area contributed by atoms with E-state index in [-0.39, 0.29) is 24.6 Å². The zero-order valence-electron chi connectivity index (χ0n) is 17.6. The van der Waals surface area contributed by atoms with Crippen LogP contribution in [0.1, 0.15) is 44.7 Å². The molecule has 0 atom stereocenters. The molecule has 168 valence electrons. The van der Waals surface area contributed by atoms with E-state index in [4.69, 9.17) is 23.1 Å². The summed E-state index contributed by atoms with van der Waals surface area (Å²) in [4.78, 5) is 8.94. The number of rotatable bonds is 9. The van der Waals surface area contributed by atoms with E-state index in [9.17, 15) is 8.42 Å². The van der Waals surface area contributed by atoms with Gasteiger partial charge in [-0.1, -0.05) is 6.92 Å². The molecule has 0 spiro atoms. The highest BCUT2D eigenvalue weighted by Crippen LogP contribution is 2.48. The third kappa shape index (κ3) is 5.13. The van der Waals surface area contributed by atoms with Gasteiger partial charge in [0.2, 0.25) is 0 Å². The van der Waals surface area contributed by atoms with Gasteiger partial charge >= 0.3 is 0 Å². The van der Waals surface area contributed by atoms with Gasteiger partial charge in [0.1, 0.15) is 10.6 Å². The van der Waals surface area contributed by atoms with Gasteiger partial charge in [-0.05, 0) is 68.6 Å². The molecule has 1 aliphatic carbocycles. The average Bonchev–Trinajstić information content (AvgIpc) is 2.70. The minimum Gasteiger partial charge on any atom is -0.396 e. The molecule has 5 N–H and O–H groups in total. The number of thiocarbonyl (C=S) groups is 1. The molecule has 0 amide bonds. The first-order valence-electron chi connectivity index (χ1n) is 10.4. The highest BCUT2D eigenvalue weighted by atomic mass is 32.2. The normalized spacial score (nSPS) is 15.2. The standard InChI is InChI=1S/C21H29N5O3S2/c1-2-11-23-20(30)24-16-7-5-15(6-8-16)19-25-17(14-18(22)26-19)21(9-3-10-21)31(28,29)13-4-12-27/h5-8,14,27H,2-4,9-13H2,1H3,(H2,22,25,26)(H2,23,24,30). The van der Waals surface area contributed by atoms with Gasteiger partial charge in [0, 0.05) is 30.5 Å². The number of aromatic nitrogens is 2. The predicted octanol–water partition coefficient (Wildman–Crippen LogP) is 2.60. The molecule has 1 aromatic carbocycles. The van der Waals surface area contributed by atoms with Gasteiger partial charge < -0.3 is 21.5 Å². The summed E-state index contributed by atoms with van der Waals surface area (Å²) in [6.45, 7) is 2.70. The maximum absolute atomic E-state index is 13.0. The van der Waals surface area contributed by atoms with Crippen LogP contribution in [-0.4, -0.2) is 47.5 Å². The number of nitrogen functional groups attached to an aromatic ring is 1. The Morgan fingerprint density at radius 2 is 1.97 bits per heavy atom. The molecule has 1 saturated carbocycles. The van der Waals surface area contributed by atoms with Crippen LogP contribution in [0.5, 0.6) is 0 Å². The Morgan fingerprint density at radius 3 is 2.55 bits per heavy atom. The fraction of sp³-hybridized carbons (Fsp3) is 0.476. The van der Waals surface area contributed by atoms with Crippen LogP contribution in [0.3, 0.4) is 0 Å². The predicted molar refractivity (Wildman–Crippen MR) is 127 cm³/mol. The second kappa shape index (κ2) is 9.88. The minimum absolute atomic E-state index is 0.0743. The summed E-state index contributed by atoms with van der Waals surface area (Å²) in [5, 5.41) is 15.9. The summed E-state index contributed by atoms with van der Waals surface area (Å²) in [6, 6.07) is 8.97. The molecule has 31 heavy (non-hydrogen) atoms. The number of sulfone groups is 1. The largest absolute Gasteiger partial charge is 0.396 e. The van der Waals surface area contributed by atoms with Crippen molar-refractivity contribution in [3.05, 3.63) is 36.0 Å². The quantitative estimate of drug-likeness (QED) is 0.414. The number of hydrogen-bond donors (Lipinski definition) is 4. The molecular weight excluding hydrogens is 434 g/mol. The second-order valence-electron chi connectivity index (χ2n) is 7.70. The van der Waals surface area contributed by atoms with Gasteiger partial charge in [0.25, 0.3) is 0 Å². The van der Waals surface area contributed by atoms with Gasteiger partial charge in [-0.25, -0.2) is 18.4 Å². The first-order valence-corrected chi connectivity index (χ1v) is 12.5. The van der Waals surface area contributed by atoms with Crippen molar-refractivity contribution < 1.29 is 13.5 Å². The Labute approximate surface area is 188 Å². The maximum atomic E-state index is 13.0. The lowest BCUT2D eigenvalue weighted by Crippen LogP contribution is -2.44. The van der Waals surface area contributed by atoms with Crippen molar-refractivity contribution in [1.82, 2.24) is 15.3 Å². The monoisotopic (exact) mass is 463 g/mol. The lowest BCUT2D eigenvalue weighted by molar-refractivity contribution is 0.292. The van der Waals surface area contributed by atoms with E-state index in [1.165, 1.54) is 0 Å². The Balaban J connectivity index is 1.87. The van der Waals surface area contributed by atoms with Gasteiger partial charge in [0.05, 0.1) is 11.4 Å². The Hall–Kier alpha value is -2.30. The van der Waals surface area contributed by atoms with Crippen LogP contribution in [0.15, 0.2) is 30.3 Å². The number of anilines is 2. The van der Waals surface area contributed by atoms with E-state index in [1.54, 1.807) is 6.07 Å². The number of aliphatic hydroxyl groups is 1. The lowest BCUT2D eigenvalue weighted by atomic mass is 9.81. The maximum Gasteiger partial charge on any atom is 0.170 e. The smallest absolute Gasteiger partial charge is 0.170 e. The topological polar surface area (TPSA) is 130 Å². The Morgan fingerprint density at radius 1 is 1.26 bits per heavy atom. The van der Waals surface area contributed by atoms with Gasteiger partial charge in [0.15, 0.2) is 20.8 Å². The van der Waals surface area contributed by atoms with Crippen LogP contribution < -0.4 is 16.4 Å². The van der Waals surface area contributed by atoms with Crippen LogP contribution in [0.4, 0.5) is 11.5 Å². The fourth-order valence-corrected chi connectivity index (χ4v) is 6.07. The van der Waals surface area contributed by atoms with Gasteiger partial charge in [-0.2, -0.15) is 0 Å². The van der Waals surface area contributed by atoms with E-state index in [0.29, 0.717) is 29.5 Å². The SMILES string of the molecule is CCCNC(=S)Nc1ccc(-c2nc(N)cc(C3(S(=O)(=O)CCCO)CCC3)n2)cc1. The van der Waals surface area contributed by atoms with E-state index in [1.807, 2.05) is 24.3 Å². The molecular formula is C21H29N5O3S2. The van der Waals surface area contributed by atoms with E-state index < -0.39 is 14.6 Å². The van der Waals surface area contributed by atoms with Crippen LogP contribution in [-0.2, 0) is 14.6 Å². The second-order valence-corrected chi connectivity index (χ2v) is 10.5. The first kappa shape index (κ1) is 23.4. The molecule has 0 saturated heterocycles. The molecule has 3 rings (SSSR count). The summed E-state index contributed by atoms with van der Waals surface area (Å²) < 4.78 is 25.0. The average molecular weight is 464 g/mol. The summed E-state index contributed by atoms with van der Waals surface area (Å²) in [5.41, 5.74) is 8.02. The number of aliphatic hydroxyl groups excluding tert-OH is 1. The van der Waals surface area contributed by atoms with Crippen molar-refractivity contribution in [3.8, 4) is 11.4 Å². The van der Waals surface area contributed by atoms with Gasteiger partial charge in [-0.15, -0.1) is 0 Å². The third-order valence-corrected chi connectivity index (χ3v) is 8.36. The zero-order chi connectivity index (χ0) is 22.5. The molecule has 1 heterocycles. The molecule has 1 aliphatic rings. The number of nitrogens with zero attached hydrogens (tertiary/aromatic N) is 2. The highest BCUT2D eigenvalue weighted by Gasteiger charge is 2.51. The molecule has 10 heteroatoms. The van der Waals surface area contributed by atoms with Crippen LogP contribution in [0.2, 0.25) is 0 Å². The molecule has 1 aromatic heterocycles. The number of benzene rings is 1. The molecule has 0 radical (unpaired) electrons. The Kier molecular flexibility index (Phi) is 7.45. The number of hydrogen-bond acceptors (Lipinski definition) is 7. The van der Waals surface area contributed by atoms with Crippen LogP contribution in [0.25, 0.3) is 11.4 Å². The molecule has 8 nitrogen and oxygen atoms in total. The van der Waals surface area contributed by atoms with E-state index in [0.717, 1.165) is 30.6 Å². The van der Waals surface area contributed by atoms with Crippen molar-refractivity contribution in [3.63, 3.8) is 0 Å². The van der Waals surface area contributed by atoms with Gasteiger partial charge in [-0.3, -0.25) is 0 Å². The number of nitrogens with one attached hydrogen (secondary N) is 2. The van der Waals surface area contributed by atoms with E-state index in [2.05, 4.69) is 27.5 Å². The van der Waals surface area contributed by atoms with Crippen molar-refractivity contribution in [2.24, 2.45) is 0 Å².